The van der Waals surface area contributed by atoms with Crippen LogP contribution < -0.4 is 10.1 Å². The summed E-state index contributed by atoms with van der Waals surface area (Å²) in [6.45, 7) is 2.77. The van der Waals surface area contributed by atoms with Crippen molar-refractivity contribution in [2.45, 2.75) is 17.9 Å². The lowest BCUT2D eigenvalue weighted by molar-refractivity contribution is -0.148. The Morgan fingerprint density at radius 3 is 2.48 bits per heavy atom. The first-order valence-electron chi connectivity index (χ1n) is 10.3. The first-order valence-corrected chi connectivity index (χ1v) is 11.7. The van der Waals surface area contributed by atoms with Crippen LogP contribution in [0.25, 0.3) is 6.08 Å². The Kier molecular flexibility index (Phi) is 8.21. The highest BCUT2D eigenvalue weighted by Gasteiger charge is 2.26. The molecule has 9 nitrogen and oxygen atoms in total. The van der Waals surface area contributed by atoms with Crippen molar-refractivity contribution in [1.29, 1.82) is 0 Å². The number of ether oxygens (including phenoxy) is 3. The number of anilines is 1. The van der Waals surface area contributed by atoms with Gasteiger partial charge in [-0.15, -0.1) is 0 Å². The molecule has 0 aliphatic carbocycles. The average molecular weight is 475 g/mol. The van der Waals surface area contributed by atoms with E-state index in [2.05, 4.69) is 5.32 Å². The highest BCUT2D eigenvalue weighted by Crippen LogP contribution is 2.20. The van der Waals surface area contributed by atoms with Crippen molar-refractivity contribution in [2.75, 3.05) is 38.7 Å². The summed E-state index contributed by atoms with van der Waals surface area (Å²) in [5.74, 6) is -0.559. The molecule has 1 heterocycles. The first-order chi connectivity index (χ1) is 15.8. The standard InChI is InChI=1S/C23H26N2O7S/c1-17(32-22(26)11-6-18-4-3-5-20(16-18)30-2)23(27)24-19-7-9-21(10-8-19)33(28,29)25-12-14-31-15-13-25/h3-11,16-17H,12-15H2,1-2H3,(H,24,27)/b11-6+. The molecule has 3 rings (SSSR count). The Bertz CT molecular complexity index is 1110. The fourth-order valence-corrected chi connectivity index (χ4v) is 4.47. The molecule has 2 aromatic rings. The normalized spacial score (nSPS) is 15.7. The number of hydrogen-bond acceptors (Lipinski definition) is 7. The highest BCUT2D eigenvalue weighted by molar-refractivity contribution is 7.89. The Balaban J connectivity index is 1.54. The Morgan fingerprint density at radius 2 is 1.82 bits per heavy atom. The summed E-state index contributed by atoms with van der Waals surface area (Å²) in [5.41, 5.74) is 1.13. The number of methoxy groups -OCH3 is 1. The van der Waals surface area contributed by atoms with E-state index in [9.17, 15) is 18.0 Å². The van der Waals surface area contributed by atoms with Gasteiger partial charge in [-0.1, -0.05) is 12.1 Å². The molecule has 1 fully saturated rings. The monoisotopic (exact) mass is 474 g/mol. The molecule has 0 bridgehead atoms. The first kappa shape index (κ1) is 24.4. The number of amides is 1. The third kappa shape index (κ3) is 6.64. The van der Waals surface area contributed by atoms with Gasteiger partial charge in [0.1, 0.15) is 5.75 Å². The lowest BCUT2D eigenvalue weighted by Gasteiger charge is -2.26. The van der Waals surface area contributed by atoms with E-state index in [-0.39, 0.29) is 4.90 Å². The summed E-state index contributed by atoms with van der Waals surface area (Å²) in [6.07, 6.45) is 1.73. The number of carbonyl (C=O) groups excluding carboxylic acids is 2. The van der Waals surface area contributed by atoms with Crippen LogP contribution in [0.3, 0.4) is 0 Å². The molecule has 0 radical (unpaired) electrons. The van der Waals surface area contributed by atoms with Crippen LogP contribution in [-0.2, 0) is 29.1 Å². The van der Waals surface area contributed by atoms with Crippen LogP contribution in [0.2, 0.25) is 0 Å². The Morgan fingerprint density at radius 1 is 1.12 bits per heavy atom. The van der Waals surface area contributed by atoms with Crippen molar-refractivity contribution in [1.82, 2.24) is 4.31 Å². The van der Waals surface area contributed by atoms with Crippen LogP contribution >= 0.6 is 0 Å². The predicted molar refractivity (Wildman–Crippen MR) is 122 cm³/mol. The fraction of sp³-hybridized carbons (Fsp3) is 0.304. The van der Waals surface area contributed by atoms with Crippen molar-refractivity contribution < 1.29 is 32.2 Å². The van der Waals surface area contributed by atoms with E-state index in [0.717, 1.165) is 5.56 Å². The maximum absolute atomic E-state index is 12.7. The van der Waals surface area contributed by atoms with Crippen molar-refractivity contribution >= 4 is 33.7 Å². The number of esters is 1. The second-order valence-corrected chi connectivity index (χ2v) is 9.16. The van der Waals surface area contributed by atoms with Gasteiger partial charge in [-0.05, 0) is 55.0 Å². The number of hydrogen-bond donors (Lipinski definition) is 1. The van der Waals surface area contributed by atoms with E-state index >= 15 is 0 Å². The molecule has 0 saturated carbocycles. The van der Waals surface area contributed by atoms with Crippen molar-refractivity contribution in [3.05, 3.63) is 60.2 Å². The maximum Gasteiger partial charge on any atom is 0.331 e. The lowest BCUT2D eigenvalue weighted by Crippen LogP contribution is -2.40. The average Bonchev–Trinajstić information content (AvgIpc) is 2.83. The van der Waals surface area contributed by atoms with Crippen LogP contribution in [0.1, 0.15) is 12.5 Å². The molecule has 1 amide bonds. The fourth-order valence-electron chi connectivity index (χ4n) is 3.07. The largest absolute Gasteiger partial charge is 0.497 e. The molecule has 0 aromatic heterocycles. The van der Waals surface area contributed by atoms with E-state index in [1.807, 2.05) is 0 Å². The SMILES string of the molecule is COc1cccc(/C=C/C(=O)OC(C)C(=O)Nc2ccc(S(=O)(=O)N3CCOCC3)cc2)c1. The molecule has 2 aromatic carbocycles. The molecule has 176 valence electrons. The van der Waals surface area contributed by atoms with Gasteiger partial charge in [0.2, 0.25) is 10.0 Å². The second-order valence-electron chi connectivity index (χ2n) is 7.22. The van der Waals surface area contributed by atoms with Gasteiger partial charge in [-0.25, -0.2) is 13.2 Å². The van der Waals surface area contributed by atoms with Gasteiger partial charge in [-0.2, -0.15) is 4.31 Å². The molecule has 1 N–H and O–H groups in total. The smallest absolute Gasteiger partial charge is 0.331 e. The summed E-state index contributed by atoms with van der Waals surface area (Å²) in [6, 6.07) is 12.9. The van der Waals surface area contributed by atoms with Gasteiger partial charge < -0.3 is 19.5 Å². The molecule has 1 aliphatic heterocycles. The predicted octanol–water partition coefficient (Wildman–Crippen LogP) is 2.30. The summed E-state index contributed by atoms with van der Waals surface area (Å²) >= 11 is 0. The molecule has 1 aliphatic rings. The molecule has 10 heteroatoms. The lowest BCUT2D eigenvalue weighted by atomic mass is 10.2. The minimum absolute atomic E-state index is 0.129. The quantitative estimate of drug-likeness (QED) is 0.462. The molecule has 0 spiro atoms. The molecule has 33 heavy (non-hydrogen) atoms. The molecule has 1 unspecified atom stereocenters. The number of nitrogens with zero attached hydrogens (tertiary/aromatic N) is 1. The summed E-state index contributed by atoms with van der Waals surface area (Å²) in [4.78, 5) is 24.5. The highest BCUT2D eigenvalue weighted by atomic mass is 32.2. The van der Waals surface area contributed by atoms with Gasteiger partial charge in [0.15, 0.2) is 6.10 Å². The maximum atomic E-state index is 12.7. The number of sulfonamides is 1. The van der Waals surface area contributed by atoms with Crippen molar-refractivity contribution in [2.24, 2.45) is 0 Å². The van der Waals surface area contributed by atoms with Crippen LogP contribution in [-0.4, -0.2) is 64.1 Å². The number of rotatable bonds is 8. The Labute approximate surface area is 193 Å². The van der Waals surface area contributed by atoms with Gasteiger partial charge in [-0.3, -0.25) is 4.79 Å². The van der Waals surface area contributed by atoms with E-state index in [1.165, 1.54) is 41.6 Å². The molecule has 1 atom stereocenters. The zero-order valence-corrected chi connectivity index (χ0v) is 19.2. The van der Waals surface area contributed by atoms with E-state index in [4.69, 9.17) is 14.2 Å². The molecular weight excluding hydrogens is 448 g/mol. The molecule has 1 saturated heterocycles. The Hall–Kier alpha value is -3.21. The third-order valence-corrected chi connectivity index (χ3v) is 6.81. The number of morpholine rings is 1. The van der Waals surface area contributed by atoms with Crippen molar-refractivity contribution in [3.8, 4) is 5.75 Å². The van der Waals surface area contributed by atoms with Crippen LogP contribution in [0.4, 0.5) is 5.69 Å². The van der Waals surface area contributed by atoms with Crippen LogP contribution in [0.15, 0.2) is 59.5 Å². The van der Waals surface area contributed by atoms with Gasteiger partial charge >= 0.3 is 5.97 Å². The minimum Gasteiger partial charge on any atom is -0.497 e. The topological polar surface area (TPSA) is 111 Å². The van der Waals surface area contributed by atoms with Crippen LogP contribution in [0.5, 0.6) is 5.75 Å². The zero-order valence-electron chi connectivity index (χ0n) is 18.4. The number of nitrogens with one attached hydrogen (secondary N) is 1. The third-order valence-electron chi connectivity index (χ3n) is 4.90. The van der Waals surface area contributed by atoms with E-state index in [1.54, 1.807) is 37.5 Å². The molecular formula is C23H26N2O7S. The summed E-state index contributed by atoms with van der Waals surface area (Å²) in [7, 11) is -2.07. The van der Waals surface area contributed by atoms with E-state index in [0.29, 0.717) is 37.7 Å². The van der Waals surface area contributed by atoms with Gasteiger partial charge in [0.25, 0.3) is 5.91 Å². The number of benzene rings is 2. The number of carbonyl (C=O) groups is 2. The summed E-state index contributed by atoms with van der Waals surface area (Å²) in [5, 5.41) is 2.61. The second kappa shape index (κ2) is 11.1. The minimum atomic E-state index is -3.62. The van der Waals surface area contributed by atoms with Crippen molar-refractivity contribution in [3.63, 3.8) is 0 Å². The van der Waals surface area contributed by atoms with Crippen LogP contribution in [0, 0.1) is 0 Å². The zero-order chi connectivity index (χ0) is 23.8. The van der Waals surface area contributed by atoms with E-state index < -0.39 is 28.0 Å². The van der Waals surface area contributed by atoms with Gasteiger partial charge in [0, 0.05) is 24.9 Å². The van der Waals surface area contributed by atoms with Gasteiger partial charge in [0.05, 0.1) is 25.2 Å². The summed E-state index contributed by atoms with van der Waals surface area (Å²) < 4.78 is 42.1.